The molecule has 1 saturated heterocycles. The van der Waals surface area contributed by atoms with Crippen LogP contribution in [0.25, 0.3) is 5.69 Å². The lowest BCUT2D eigenvalue weighted by atomic mass is 10.1. The summed E-state index contributed by atoms with van der Waals surface area (Å²) in [6.45, 7) is 2.99. The number of benzene rings is 1. The maximum atomic E-state index is 4.50. The summed E-state index contributed by atoms with van der Waals surface area (Å²) >= 11 is 0. The van der Waals surface area contributed by atoms with Gasteiger partial charge in [-0.15, -0.1) is 0 Å². The Morgan fingerprint density at radius 2 is 2.11 bits per heavy atom. The number of likely N-dealkylation sites (N-methyl/N-ethyl adjacent to an activating group) is 1. The van der Waals surface area contributed by atoms with E-state index in [1.807, 2.05) is 36.5 Å². The van der Waals surface area contributed by atoms with Crippen molar-refractivity contribution in [3.05, 3.63) is 42.2 Å². The number of nitrogens with zero attached hydrogens (tertiary/aromatic N) is 4. The molecule has 1 aromatic carbocycles. The molecule has 0 atom stereocenters. The molecule has 2 heterocycles. The molecule has 0 unspecified atom stereocenters. The third-order valence-electron chi connectivity index (χ3n) is 3.32. The Hall–Kier alpha value is -1.72. The van der Waals surface area contributed by atoms with Gasteiger partial charge < -0.3 is 5.32 Å². The molecule has 0 aliphatic carbocycles. The minimum absolute atomic E-state index is 0.631. The lowest BCUT2D eigenvalue weighted by Gasteiger charge is -2.35. The Kier molecular flexibility index (Phi) is 3.08. The Morgan fingerprint density at radius 3 is 2.78 bits per heavy atom. The molecule has 5 nitrogen and oxygen atoms in total. The average Bonchev–Trinajstić information content (AvgIpc) is 2.76. The molecule has 1 aliphatic heterocycles. The summed E-state index contributed by atoms with van der Waals surface area (Å²) in [5, 5.41) is 12.1. The molecule has 94 valence electrons. The van der Waals surface area contributed by atoms with Gasteiger partial charge in [0.1, 0.15) is 0 Å². The predicted molar refractivity (Wildman–Crippen MR) is 69.5 cm³/mol. The third-order valence-corrected chi connectivity index (χ3v) is 3.32. The van der Waals surface area contributed by atoms with E-state index in [1.165, 1.54) is 0 Å². The zero-order chi connectivity index (χ0) is 12.4. The van der Waals surface area contributed by atoms with Crippen LogP contribution in [0.3, 0.4) is 0 Å². The van der Waals surface area contributed by atoms with Crippen molar-refractivity contribution in [2.75, 3.05) is 20.1 Å². The van der Waals surface area contributed by atoms with Crippen molar-refractivity contribution in [2.45, 2.75) is 12.6 Å². The number of rotatable bonds is 4. The van der Waals surface area contributed by atoms with Gasteiger partial charge in [-0.05, 0) is 19.2 Å². The van der Waals surface area contributed by atoms with E-state index in [4.69, 9.17) is 0 Å². The van der Waals surface area contributed by atoms with E-state index in [-0.39, 0.29) is 0 Å². The molecule has 1 aliphatic rings. The van der Waals surface area contributed by atoms with Crippen LogP contribution in [0.15, 0.2) is 36.5 Å². The Morgan fingerprint density at radius 1 is 1.33 bits per heavy atom. The molecule has 0 bridgehead atoms. The standard InChI is InChI=1S/C13H17N5/c1-17(13-8-14-9-13)10-11-7-15-18(16-11)12-5-3-2-4-6-12/h2-7,13-14H,8-10H2,1H3. The number of nitrogens with one attached hydrogen (secondary N) is 1. The minimum Gasteiger partial charge on any atom is -0.314 e. The van der Waals surface area contributed by atoms with Crippen LogP contribution in [0, 0.1) is 0 Å². The largest absolute Gasteiger partial charge is 0.314 e. The normalized spacial score (nSPS) is 15.9. The van der Waals surface area contributed by atoms with Crippen LogP contribution in [0.1, 0.15) is 5.69 Å². The van der Waals surface area contributed by atoms with Crippen molar-refractivity contribution in [2.24, 2.45) is 0 Å². The van der Waals surface area contributed by atoms with E-state index in [0.29, 0.717) is 6.04 Å². The number of hydrogen-bond acceptors (Lipinski definition) is 4. The van der Waals surface area contributed by atoms with Gasteiger partial charge in [0.05, 0.1) is 17.6 Å². The highest BCUT2D eigenvalue weighted by molar-refractivity contribution is 5.28. The second kappa shape index (κ2) is 4.88. The number of aromatic nitrogens is 3. The molecular formula is C13H17N5. The van der Waals surface area contributed by atoms with Gasteiger partial charge >= 0.3 is 0 Å². The molecule has 2 aromatic rings. The second-order valence-corrected chi connectivity index (χ2v) is 4.69. The first-order valence-electron chi connectivity index (χ1n) is 6.20. The van der Waals surface area contributed by atoms with Gasteiger partial charge in [-0.1, -0.05) is 18.2 Å². The van der Waals surface area contributed by atoms with E-state index < -0.39 is 0 Å². The third kappa shape index (κ3) is 2.27. The summed E-state index contributed by atoms with van der Waals surface area (Å²) in [5.41, 5.74) is 2.00. The van der Waals surface area contributed by atoms with Gasteiger partial charge in [0, 0.05) is 25.7 Å². The summed E-state index contributed by atoms with van der Waals surface area (Å²) in [6, 6.07) is 10.6. The van der Waals surface area contributed by atoms with Crippen LogP contribution >= 0.6 is 0 Å². The van der Waals surface area contributed by atoms with Crippen molar-refractivity contribution in [1.82, 2.24) is 25.2 Å². The van der Waals surface area contributed by atoms with Gasteiger partial charge in [-0.25, -0.2) is 0 Å². The molecule has 0 saturated carbocycles. The average molecular weight is 243 g/mol. The van der Waals surface area contributed by atoms with Crippen LogP contribution in [0.4, 0.5) is 0 Å². The van der Waals surface area contributed by atoms with Gasteiger partial charge in [0.2, 0.25) is 0 Å². The second-order valence-electron chi connectivity index (χ2n) is 4.69. The lowest BCUT2D eigenvalue weighted by Crippen LogP contribution is -2.55. The van der Waals surface area contributed by atoms with Crippen molar-refractivity contribution < 1.29 is 0 Å². The lowest BCUT2D eigenvalue weighted by molar-refractivity contribution is 0.171. The van der Waals surface area contributed by atoms with E-state index >= 15 is 0 Å². The summed E-state index contributed by atoms with van der Waals surface area (Å²) < 4.78 is 0. The molecule has 0 radical (unpaired) electrons. The first-order valence-corrected chi connectivity index (χ1v) is 6.20. The number of para-hydroxylation sites is 1. The first-order chi connectivity index (χ1) is 8.83. The zero-order valence-corrected chi connectivity index (χ0v) is 10.5. The molecule has 0 spiro atoms. The smallest absolute Gasteiger partial charge is 0.0971 e. The highest BCUT2D eigenvalue weighted by Crippen LogP contribution is 2.08. The van der Waals surface area contributed by atoms with Crippen LogP contribution < -0.4 is 5.32 Å². The molecule has 1 N–H and O–H groups in total. The Labute approximate surface area is 106 Å². The van der Waals surface area contributed by atoms with E-state index in [9.17, 15) is 0 Å². The monoisotopic (exact) mass is 243 g/mol. The van der Waals surface area contributed by atoms with Crippen LogP contribution in [-0.4, -0.2) is 46.1 Å². The van der Waals surface area contributed by atoms with Crippen LogP contribution in [0.2, 0.25) is 0 Å². The van der Waals surface area contributed by atoms with Crippen molar-refractivity contribution in [1.29, 1.82) is 0 Å². The molecular weight excluding hydrogens is 226 g/mol. The van der Waals surface area contributed by atoms with Gasteiger partial charge in [-0.3, -0.25) is 4.90 Å². The van der Waals surface area contributed by atoms with Gasteiger partial charge in [0.15, 0.2) is 0 Å². The fourth-order valence-electron chi connectivity index (χ4n) is 2.02. The fourth-order valence-corrected chi connectivity index (χ4v) is 2.02. The summed E-state index contributed by atoms with van der Waals surface area (Å²) in [7, 11) is 2.13. The van der Waals surface area contributed by atoms with E-state index in [0.717, 1.165) is 31.0 Å². The quantitative estimate of drug-likeness (QED) is 0.857. The Balaban J connectivity index is 1.69. The maximum absolute atomic E-state index is 4.50. The van der Waals surface area contributed by atoms with E-state index in [2.05, 4.69) is 27.5 Å². The summed E-state index contributed by atoms with van der Waals surface area (Å²) in [4.78, 5) is 4.00. The van der Waals surface area contributed by atoms with Gasteiger partial charge in [0.25, 0.3) is 0 Å². The zero-order valence-electron chi connectivity index (χ0n) is 10.5. The topological polar surface area (TPSA) is 46.0 Å². The highest BCUT2D eigenvalue weighted by atomic mass is 15.5. The van der Waals surface area contributed by atoms with Crippen molar-refractivity contribution >= 4 is 0 Å². The summed E-state index contributed by atoms with van der Waals surface area (Å²) in [6.07, 6.45) is 1.84. The van der Waals surface area contributed by atoms with Gasteiger partial charge in [-0.2, -0.15) is 15.0 Å². The molecule has 5 heteroatoms. The highest BCUT2D eigenvalue weighted by Gasteiger charge is 2.21. The molecule has 1 fully saturated rings. The SMILES string of the molecule is CN(Cc1cnn(-c2ccccc2)n1)C1CNC1. The minimum atomic E-state index is 0.631. The maximum Gasteiger partial charge on any atom is 0.0971 e. The van der Waals surface area contributed by atoms with Crippen molar-refractivity contribution in [3.8, 4) is 5.69 Å². The van der Waals surface area contributed by atoms with E-state index in [1.54, 1.807) is 4.80 Å². The van der Waals surface area contributed by atoms with Crippen LogP contribution in [-0.2, 0) is 6.54 Å². The molecule has 18 heavy (non-hydrogen) atoms. The predicted octanol–water partition coefficient (Wildman–Crippen LogP) is 0.671. The molecule has 1 aromatic heterocycles. The summed E-state index contributed by atoms with van der Waals surface area (Å²) in [5.74, 6) is 0. The van der Waals surface area contributed by atoms with Crippen LogP contribution in [0.5, 0.6) is 0 Å². The molecule has 3 rings (SSSR count). The number of hydrogen-bond donors (Lipinski definition) is 1. The van der Waals surface area contributed by atoms with Crippen molar-refractivity contribution in [3.63, 3.8) is 0 Å². The first kappa shape index (κ1) is 11.4. The molecule has 0 amide bonds. The fraction of sp³-hybridized carbons (Fsp3) is 0.385. The Bertz CT molecular complexity index is 503.